The van der Waals surface area contributed by atoms with Gasteiger partial charge < -0.3 is 10.0 Å². The van der Waals surface area contributed by atoms with Crippen LogP contribution in [0.3, 0.4) is 0 Å². The molecular weight excluding hydrogens is 265 g/mol. The Morgan fingerprint density at radius 3 is 2.47 bits per heavy atom. The normalized spacial score (nSPS) is 10.1. The van der Waals surface area contributed by atoms with Gasteiger partial charge in [0.1, 0.15) is 6.54 Å². The van der Waals surface area contributed by atoms with Crippen molar-refractivity contribution in [3.8, 4) is 0 Å². The summed E-state index contributed by atoms with van der Waals surface area (Å²) >= 11 is 11.6. The number of hydrogen-bond acceptors (Lipinski definition) is 2. The number of rotatable bonds is 4. The fourth-order valence-corrected chi connectivity index (χ4v) is 1.57. The zero-order valence-electron chi connectivity index (χ0n) is 9.11. The molecule has 0 aliphatic heterocycles. The molecule has 0 spiro atoms. The van der Waals surface area contributed by atoms with Gasteiger partial charge >= 0.3 is 5.97 Å². The molecule has 1 aromatic carbocycles. The molecule has 0 unspecified atom stereocenters. The second kappa shape index (κ2) is 5.89. The molecule has 6 heteroatoms. The van der Waals surface area contributed by atoms with Gasteiger partial charge in [-0.2, -0.15) is 0 Å². The van der Waals surface area contributed by atoms with Gasteiger partial charge in [0.05, 0.1) is 16.5 Å². The van der Waals surface area contributed by atoms with Gasteiger partial charge in [0.15, 0.2) is 0 Å². The molecule has 0 atom stereocenters. The fraction of sp³-hybridized carbons (Fsp3) is 0.273. The lowest BCUT2D eigenvalue weighted by Crippen LogP contribution is -2.33. The number of carbonyl (C=O) groups is 2. The number of aliphatic carboxylic acids is 1. The van der Waals surface area contributed by atoms with E-state index in [9.17, 15) is 9.59 Å². The molecule has 0 aliphatic carbocycles. The van der Waals surface area contributed by atoms with Gasteiger partial charge in [-0.25, -0.2) is 0 Å². The van der Waals surface area contributed by atoms with Crippen LogP contribution in [-0.4, -0.2) is 35.5 Å². The zero-order chi connectivity index (χ0) is 13.0. The lowest BCUT2D eigenvalue weighted by atomic mass is 10.1. The first kappa shape index (κ1) is 13.8. The Morgan fingerprint density at radius 2 is 1.94 bits per heavy atom. The smallest absolute Gasteiger partial charge is 0.323 e. The molecule has 0 saturated carbocycles. The van der Waals surface area contributed by atoms with Crippen LogP contribution < -0.4 is 0 Å². The van der Waals surface area contributed by atoms with Crippen LogP contribution in [0.2, 0.25) is 10.0 Å². The maximum absolute atomic E-state index is 11.6. The molecule has 1 rings (SSSR count). The summed E-state index contributed by atoms with van der Waals surface area (Å²) in [5.74, 6) is -1.33. The number of amides is 1. The molecule has 92 valence electrons. The van der Waals surface area contributed by atoms with Crippen LogP contribution in [-0.2, 0) is 16.0 Å². The van der Waals surface area contributed by atoms with E-state index in [0.29, 0.717) is 15.6 Å². The Labute approximate surface area is 109 Å². The summed E-state index contributed by atoms with van der Waals surface area (Å²) in [7, 11) is 1.44. The molecule has 0 aliphatic rings. The van der Waals surface area contributed by atoms with Gasteiger partial charge in [-0.1, -0.05) is 29.3 Å². The van der Waals surface area contributed by atoms with Crippen molar-refractivity contribution in [3.05, 3.63) is 33.8 Å². The van der Waals surface area contributed by atoms with E-state index in [1.54, 1.807) is 18.2 Å². The van der Waals surface area contributed by atoms with E-state index < -0.39 is 5.97 Å². The molecular formula is C11H11Cl2NO3. The average Bonchev–Trinajstić information content (AvgIpc) is 2.22. The molecule has 0 radical (unpaired) electrons. The molecule has 1 N–H and O–H groups in total. The number of benzene rings is 1. The maximum atomic E-state index is 11.6. The number of carboxylic acid groups (broad SMARTS) is 1. The predicted molar refractivity (Wildman–Crippen MR) is 65.4 cm³/mol. The van der Waals surface area contributed by atoms with Crippen LogP contribution in [0.5, 0.6) is 0 Å². The summed E-state index contributed by atoms with van der Waals surface area (Å²) in [5, 5.41) is 9.34. The Kier molecular flexibility index (Phi) is 4.78. The van der Waals surface area contributed by atoms with Crippen molar-refractivity contribution >= 4 is 35.1 Å². The molecule has 0 saturated heterocycles. The highest BCUT2D eigenvalue weighted by Crippen LogP contribution is 2.22. The number of likely N-dealkylation sites (N-methyl/N-ethyl adjacent to an activating group) is 1. The highest BCUT2D eigenvalue weighted by Gasteiger charge is 2.13. The third-order valence-electron chi connectivity index (χ3n) is 2.14. The first-order valence-electron chi connectivity index (χ1n) is 4.80. The Balaban J connectivity index is 2.67. The second-order valence-corrected chi connectivity index (χ2v) is 4.38. The van der Waals surface area contributed by atoms with Crippen molar-refractivity contribution in [3.63, 3.8) is 0 Å². The first-order chi connectivity index (χ1) is 7.90. The quantitative estimate of drug-likeness (QED) is 0.915. The van der Waals surface area contributed by atoms with E-state index in [1.807, 2.05) is 0 Å². The standard InChI is InChI=1S/C11H11Cl2NO3/c1-14(6-11(16)17)10(15)5-7-2-3-8(12)9(13)4-7/h2-4H,5-6H2,1H3,(H,16,17). The summed E-state index contributed by atoms with van der Waals surface area (Å²) in [6, 6.07) is 4.88. The lowest BCUT2D eigenvalue weighted by molar-refractivity contribution is -0.143. The van der Waals surface area contributed by atoms with Gasteiger partial charge in [0, 0.05) is 7.05 Å². The number of hydrogen-bond donors (Lipinski definition) is 1. The molecule has 0 aromatic heterocycles. The van der Waals surface area contributed by atoms with Crippen molar-refractivity contribution in [1.82, 2.24) is 4.90 Å². The molecule has 0 heterocycles. The number of carbonyl (C=O) groups excluding carboxylic acids is 1. The number of nitrogens with zero attached hydrogens (tertiary/aromatic N) is 1. The minimum Gasteiger partial charge on any atom is -0.480 e. The Morgan fingerprint density at radius 1 is 1.29 bits per heavy atom. The Bertz CT molecular complexity index is 448. The third-order valence-corrected chi connectivity index (χ3v) is 2.88. The van der Waals surface area contributed by atoms with E-state index in [2.05, 4.69) is 0 Å². The van der Waals surface area contributed by atoms with Gasteiger partial charge in [-0.05, 0) is 17.7 Å². The van der Waals surface area contributed by atoms with Crippen LogP contribution in [0.15, 0.2) is 18.2 Å². The van der Waals surface area contributed by atoms with E-state index in [1.165, 1.54) is 7.05 Å². The monoisotopic (exact) mass is 275 g/mol. The number of carboxylic acids is 1. The second-order valence-electron chi connectivity index (χ2n) is 3.57. The number of halogens is 2. The van der Waals surface area contributed by atoms with Gasteiger partial charge in [-0.15, -0.1) is 0 Å². The van der Waals surface area contributed by atoms with Crippen LogP contribution in [0.1, 0.15) is 5.56 Å². The van der Waals surface area contributed by atoms with Crippen molar-refractivity contribution in [2.75, 3.05) is 13.6 Å². The summed E-state index contributed by atoms with van der Waals surface area (Å²) in [5.41, 5.74) is 0.696. The van der Waals surface area contributed by atoms with Crippen molar-refractivity contribution in [2.45, 2.75) is 6.42 Å². The zero-order valence-corrected chi connectivity index (χ0v) is 10.6. The summed E-state index contributed by atoms with van der Waals surface area (Å²) < 4.78 is 0. The van der Waals surface area contributed by atoms with Crippen LogP contribution >= 0.6 is 23.2 Å². The van der Waals surface area contributed by atoms with E-state index in [4.69, 9.17) is 28.3 Å². The first-order valence-corrected chi connectivity index (χ1v) is 5.55. The highest BCUT2D eigenvalue weighted by molar-refractivity contribution is 6.42. The van der Waals surface area contributed by atoms with Crippen molar-refractivity contribution < 1.29 is 14.7 Å². The molecule has 0 bridgehead atoms. The van der Waals surface area contributed by atoms with Crippen molar-refractivity contribution in [1.29, 1.82) is 0 Å². The van der Waals surface area contributed by atoms with Crippen LogP contribution in [0.25, 0.3) is 0 Å². The van der Waals surface area contributed by atoms with Gasteiger partial charge in [-0.3, -0.25) is 9.59 Å². The van der Waals surface area contributed by atoms with Crippen LogP contribution in [0.4, 0.5) is 0 Å². The topological polar surface area (TPSA) is 57.6 Å². The predicted octanol–water partition coefficient (Wildman–Crippen LogP) is 2.08. The van der Waals surface area contributed by atoms with Gasteiger partial charge in [0.2, 0.25) is 5.91 Å². The fourth-order valence-electron chi connectivity index (χ4n) is 1.25. The van der Waals surface area contributed by atoms with E-state index in [0.717, 1.165) is 4.90 Å². The molecule has 1 amide bonds. The maximum Gasteiger partial charge on any atom is 0.323 e. The average molecular weight is 276 g/mol. The molecule has 4 nitrogen and oxygen atoms in total. The van der Waals surface area contributed by atoms with E-state index in [-0.39, 0.29) is 18.9 Å². The summed E-state index contributed by atoms with van der Waals surface area (Å²) in [6.07, 6.45) is 0.0979. The third kappa shape index (κ3) is 4.24. The molecule has 1 aromatic rings. The van der Waals surface area contributed by atoms with Crippen molar-refractivity contribution in [2.24, 2.45) is 0 Å². The lowest BCUT2D eigenvalue weighted by Gasteiger charge is -2.14. The largest absolute Gasteiger partial charge is 0.480 e. The van der Waals surface area contributed by atoms with E-state index >= 15 is 0 Å². The van der Waals surface area contributed by atoms with Crippen LogP contribution in [0, 0.1) is 0 Å². The molecule has 17 heavy (non-hydrogen) atoms. The SMILES string of the molecule is CN(CC(=O)O)C(=O)Cc1ccc(Cl)c(Cl)c1. The minimum absolute atomic E-state index is 0.0979. The molecule has 0 fully saturated rings. The highest BCUT2D eigenvalue weighted by atomic mass is 35.5. The summed E-state index contributed by atoms with van der Waals surface area (Å²) in [6.45, 7) is -0.319. The van der Waals surface area contributed by atoms with Gasteiger partial charge in [0.25, 0.3) is 0 Å². The summed E-state index contributed by atoms with van der Waals surface area (Å²) in [4.78, 5) is 23.2. The minimum atomic E-state index is -1.05. The Hall–Kier alpha value is -1.26.